The van der Waals surface area contributed by atoms with Crippen molar-refractivity contribution in [3.05, 3.63) is 0 Å². The average molecular weight is 273 g/mol. The molecular weight excluding hydrogens is 250 g/mol. The normalized spacial score (nSPS) is 23.3. The lowest BCUT2D eigenvalue weighted by Gasteiger charge is -2.24. The number of urea groups is 1. The van der Waals surface area contributed by atoms with Gasteiger partial charge in [0.1, 0.15) is 0 Å². The molecule has 1 fully saturated rings. The second-order valence-corrected chi connectivity index (χ2v) is 4.78. The summed E-state index contributed by atoms with van der Waals surface area (Å²) in [5.41, 5.74) is 0. The number of amides is 3. The molecular formula is C12H23N3O4. The number of rotatable bonds is 6. The Kier molecular flexibility index (Phi) is 6.75. The molecule has 0 aromatic heterocycles. The number of carbonyl (C=O) groups is 2. The molecule has 3 N–H and O–H groups in total. The minimum Gasteiger partial charge on any atom is -0.395 e. The van der Waals surface area contributed by atoms with E-state index in [0.29, 0.717) is 19.1 Å². The van der Waals surface area contributed by atoms with Crippen LogP contribution in [0.5, 0.6) is 0 Å². The van der Waals surface area contributed by atoms with Gasteiger partial charge in [0.15, 0.2) is 0 Å². The smallest absolute Gasteiger partial charge is 0.321 e. The van der Waals surface area contributed by atoms with E-state index in [1.807, 2.05) is 4.90 Å². The van der Waals surface area contributed by atoms with Crippen molar-refractivity contribution in [3.63, 3.8) is 0 Å². The van der Waals surface area contributed by atoms with Gasteiger partial charge < -0.3 is 15.2 Å². The summed E-state index contributed by atoms with van der Waals surface area (Å²) in [7, 11) is 1.54. The molecule has 0 bridgehead atoms. The van der Waals surface area contributed by atoms with Gasteiger partial charge in [0.05, 0.1) is 19.8 Å². The molecule has 1 saturated heterocycles. The first-order chi connectivity index (χ1) is 9.08. The van der Waals surface area contributed by atoms with E-state index in [1.165, 1.54) is 7.11 Å². The Hall–Kier alpha value is -1.18. The Morgan fingerprint density at radius 2 is 2.21 bits per heavy atom. The zero-order valence-electron chi connectivity index (χ0n) is 11.5. The van der Waals surface area contributed by atoms with Crippen LogP contribution in [-0.2, 0) is 9.53 Å². The minimum absolute atomic E-state index is 0.00213. The Bertz CT molecular complexity index is 311. The maximum Gasteiger partial charge on any atom is 0.321 e. The molecule has 1 rings (SSSR count). The predicted molar refractivity (Wildman–Crippen MR) is 69.6 cm³/mol. The molecule has 0 spiro atoms. The highest BCUT2D eigenvalue weighted by Crippen LogP contribution is 2.22. The zero-order chi connectivity index (χ0) is 14.3. The fourth-order valence-electron chi connectivity index (χ4n) is 2.24. The largest absolute Gasteiger partial charge is 0.395 e. The third-order valence-electron chi connectivity index (χ3n) is 3.38. The fraction of sp³-hybridized carbons (Fsp3) is 0.833. The number of hydrogen-bond donors (Lipinski definition) is 3. The van der Waals surface area contributed by atoms with Crippen LogP contribution in [0.2, 0.25) is 0 Å². The summed E-state index contributed by atoms with van der Waals surface area (Å²) < 4.78 is 4.78. The quantitative estimate of drug-likeness (QED) is 0.549. The van der Waals surface area contributed by atoms with Gasteiger partial charge >= 0.3 is 6.03 Å². The lowest BCUT2D eigenvalue weighted by atomic mass is 10.0. The van der Waals surface area contributed by atoms with E-state index in [0.717, 1.165) is 13.0 Å². The van der Waals surface area contributed by atoms with Crippen molar-refractivity contribution in [3.8, 4) is 0 Å². The molecule has 0 aliphatic carbocycles. The number of methoxy groups -OCH3 is 1. The van der Waals surface area contributed by atoms with Gasteiger partial charge in [0, 0.05) is 19.7 Å². The number of ether oxygens (including phenoxy) is 1. The van der Waals surface area contributed by atoms with E-state index in [1.54, 1.807) is 0 Å². The molecule has 0 radical (unpaired) electrons. The van der Waals surface area contributed by atoms with Gasteiger partial charge in [0.25, 0.3) is 0 Å². The number of nitrogens with zero attached hydrogens (tertiary/aromatic N) is 1. The predicted octanol–water partition coefficient (Wildman–Crippen LogP) is -0.839. The summed E-state index contributed by atoms with van der Waals surface area (Å²) in [6.07, 6.45) is 0.957. The maximum atomic E-state index is 11.7. The van der Waals surface area contributed by atoms with Gasteiger partial charge in [-0.15, -0.1) is 0 Å². The Morgan fingerprint density at radius 3 is 2.84 bits per heavy atom. The molecule has 0 aromatic rings. The van der Waals surface area contributed by atoms with Crippen LogP contribution in [0.3, 0.4) is 0 Å². The van der Waals surface area contributed by atoms with Crippen molar-refractivity contribution in [1.82, 2.24) is 15.5 Å². The molecule has 110 valence electrons. The Morgan fingerprint density at radius 1 is 1.47 bits per heavy atom. The van der Waals surface area contributed by atoms with E-state index in [9.17, 15) is 14.7 Å². The molecule has 7 nitrogen and oxygen atoms in total. The summed E-state index contributed by atoms with van der Waals surface area (Å²) in [5, 5.41) is 14.0. The number of likely N-dealkylation sites (tertiary alicyclic amines) is 1. The SMILES string of the molecule is COCCNC(=O)NC(=O)CN1CCC(C)C1CO. The van der Waals surface area contributed by atoms with Crippen LogP contribution < -0.4 is 10.6 Å². The monoisotopic (exact) mass is 273 g/mol. The maximum absolute atomic E-state index is 11.7. The van der Waals surface area contributed by atoms with Crippen molar-refractivity contribution >= 4 is 11.9 Å². The third-order valence-corrected chi connectivity index (χ3v) is 3.38. The number of carbonyl (C=O) groups excluding carboxylic acids is 2. The number of nitrogens with one attached hydrogen (secondary N) is 2. The highest BCUT2D eigenvalue weighted by atomic mass is 16.5. The first kappa shape index (κ1) is 15.9. The first-order valence-electron chi connectivity index (χ1n) is 6.50. The zero-order valence-corrected chi connectivity index (χ0v) is 11.5. The van der Waals surface area contributed by atoms with Crippen LogP contribution in [0, 0.1) is 5.92 Å². The van der Waals surface area contributed by atoms with Crippen molar-refractivity contribution in [2.24, 2.45) is 5.92 Å². The molecule has 2 atom stereocenters. The first-order valence-corrected chi connectivity index (χ1v) is 6.50. The van der Waals surface area contributed by atoms with Crippen molar-refractivity contribution in [2.45, 2.75) is 19.4 Å². The third kappa shape index (κ3) is 5.14. The van der Waals surface area contributed by atoms with Crippen LogP contribution in [0.15, 0.2) is 0 Å². The van der Waals surface area contributed by atoms with Crippen LogP contribution in [0.1, 0.15) is 13.3 Å². The van der Waals surface area contributed by atoms with Crippen molar-refractivity contribution in [1.29, 1.82) is 0 Å². The number of hydrogen-bond acceptors (Lipinski definition) is 5. The second kappa shape index (κ2) is 8.08. The van der Waals surface area contributed by atoms with E-state index in [4.69, 9.17) is 4.74 Å². The molecule has 19 heavy (non-hydrogen) atoms. The molecule has 0 saturated carbocycles. The van der Waals surface area contributed by atoms with E-state index in [-0.39, 0.29) is 25.1 Å². The lowest BCUT2D eigenvalue weighted by Crippen LogP contribution is -2.47. The highest BCUT2D eigenvalue weighted by molar-refractivity contribution is 5.95. The summed E-state index contributed by atoms with van der Waals surface area (Å²) >= 11 is 0. The van der Waals surface area contributed by atoms with Gasteiger partial charge in [-0.05, 0) is 18.9 Å². The van der Waals surface area contributed by atoms with Gasteiger partial charge in [0.2, 0.25) is 5.91 Å². The summed E-state index contributed by atoms with van der Waals surface area (Å²) in [6, 6.07) is -0.517. The minimum atomic E-state index is -0.519. The second-order valence-electron chi connectivity index (χ2n) is 4.78. The van der Waals surface area contributed by atoms with E-state index < -0.39 is 6.03 Å². The molecule has 2 unspecified atom stereocenters. The highest BCUT2D eigenvalue weighted by Gasteiger charge is 2.31. The molecule has 1 heterocycles. The van der Waals surface area contributed by atoms with E-state index >= 15 is 0 Å². The molecule has 3 amide bonds. The standard InChI is InChI=1S/C12H23N3O4/c1-9-3-5-15(10(9)8-16)7-11(17)14-12(18)13-4-6-19-2/h9-10,16H,3-8H2,1-2H3,(H2,13,14,17,18). The van der Waals surface area contributed by atoms with Crippen LogP contribution in [-0.4, -0.2) is 67.9 Å². The van der Waals surface area contributed by atoms with Gasteiger partial charge in [-0.1, -0.05) is 6.92 Å². The summed E-state index contributed by atoms with van der Waals surface area (Å²) in [6.45, 7) is 3.75. The topological polar surface area (TPSA) is 90.9 Å². The number of aliphatic hydroxyl groups is 1. The number of imide groups is 1. The van der Waals surface area contributed by atoms with Crippen molar-refractivity contribution in [2.75, 3.05) is 40.0 Å². The fourth-order valence-corrected chi connectivity index (χ4v) is 2.24. The van der Waals surface area contributed by atoms with Crippen LogP contribution in [0.25, 0.3) is 0 Å². The van der Waals surface area contributed by atoms with Crippen molar-refractivity contribution < 1.29 is 19.4 Å². The number of aliphatic hydroxyl groups excluding tert-OH is 1. The Balaban J connectivity index is 2.29. The summed E-state index contributed by atoms with van der Waals surface area (Å²) in [5.74, 6) is 0.01000. The van der Waals surface area contributed by atoms with Gasteiger partial charge in [-0.3, -0.25) is 15.0 Å². The van der Waals surface area contributed by atoms with Crippen LogP contribution in [0.4, 0.5) is 4.79 Å². The average Bonchev–Trinajstić information content (AvgIpc) is 2.69. The van der Waals surface area contributed by atoms with Gasteiger partial charge in [-0.25, -0.2) is 4.79 Å². The van der Waals surface area contributed by atoms with Gasteiger partial charge in [-0.2, -0.15) is 0 Å². The molecule has 7 heteroatoms. The molecule has 1 aliphatic heterocycles. The molecule has 0 aromatic carbocycles. The summed E-state index contributed by atoms with van der Waals surface area (Å²) in [4.78, 5) is 24.9. The Labute approximate surface area is 113 Å². The van der Waals surface area contributed by atoms with Crippen LogP contribution >= 0.6 is 0 Å². The lowest BCUT2D eigenvalue weighted by molar-refractivity contribution is -0.121. The van der Waals surface area contributed by atoms with E-state index in [2.05, 4.69) is 17.6 Å². The molecule has 1 aliphatic rings.